The van der Waals surface area contributed by atoms with Crippen LogP contribution < -0.4 is 9.47 Å². The highest BCUT2D eigenvalue weighted by molar-refractivity contribution is 5.95. The van der Waals surface area contributed by atoms with Gasteiger partial charge in [-0.1, -0.05) is 0 Å². The molecule has 2 aromatic rings. The normalized spacial score (nSPS) is 18.1. The van der Waals surface area contributed by atoms with Crippen LogP contribution in [0, 0.1) is 10.1 Å². The number of hydrogen-bond donors (Lipinski definition) is 1. The Morgan fingerprint density at radius 1 is 1.20 bits per heavy atom. The van der Waals surface area contributed by atoms with E-state index in [0.717, 1.165) is 18.9 Å². The van der Waals surface area contributed by atoms with Crippen molar-refractivity contribution in [1.29, 1.82) is 0 Å². The maximum Gasteiger partial charge on any atom is 0.430 e. The molecular formula is C20H14F3NO6. The Kier molecular flexibility index (Phi) is 4.64. The van der Waals surface area contributed by atoms with Gasteiger partial charge in [0.1, 0.15) is 17.2 Å². The summed E-state index contributed by atoms with van der Waals surface area (Å²) >= 11 is 0. The summed E-state index contributed by atoms with van der Waals surface area (Å²) in [5.41, 5.74) is -0.0771. The van der Waals surface area contributed by atoms with Crippen molar-refractivity contribution in [1.82, 2.24) is 0 Å². The Hall–Kier alpha value is -3.56. The van der Waals surface area contributed by atoms with E-state index < -0.39 is 28.7 Å². The largest absolute Gasteiger partial charge is 0.478 e. The third-order valence-electron chi connectivity index (χ3n) is 4.82. The number of fused-ring (bicyclic) bond motifs is 1. The van der Waals surface area contributed by atoms with Gasteiger partial charge in [0.25, 0.3) is 5.69 Å². The molecule has 1 aliphatic heterocycles. The van der Waals surface area contributed by atoms with Crippen LogP contribution in [0.25, 0.3) is 6.08 Å². The van der Waals surface area contributed by atoms with Crippen molar-refractivity contribution >= 4 is 17.7 Å². The number of halogens is 3. The van der Waals surface area contributed by atoms with Crippen LogP contribution in [0.1, 0.15) is 29.9 Å². The molecule has 1 heterocycles. The Bertz CT molecular complexity index is 1060. The molecule has 0 bridgehead atoms. The smallest absolute Gasteiger partial charge is 0.430 e. The molecule has 156 valence electrons. The predicted molar refractivity (Wildman–Crippen MR) is 97.7 cm³/mol. The number of carboxylic acids is 1. The Morgan fingerprint density at radius 3 is 2.40 bits per heavy atom. The minimum atomic E-state index is -4.91. The SMILES string of the molecule is O=C(O)C1=Cc2cc(C3CC3)c(Oc3ccc([N+](=O)[O-])cc3)cc2OC1C(F)(F)F. The number of nitrogens with zero attached hydrogens (tertiary/aromatic N) is 1. The zero-order chi connectivity index (χ0) is 21.6. The summed E-state index contributed by atoms with van der Waals surface area (Å²) in [6, 6.07) is 8.15. The fraction of sp³-hybridized carbons (Fsp3) is 0.250. The lowest BCUT2D eigenvalue weighted by molar-refractivity contribution is -0.384. The average Bonchev–Trinajstić information content (AvgIpc) is 3.51. The highest BCUT2D eigenvalue weighted by atomic mass is 19.4. The highest BCUT2D eigenvalue weighted by Crippen LogP contribution is 2.49. The van der Waals surface area contributed by atoms with Crippen LogP contribution in [0.2, 0.25) is 0 Å². The number of ether oxygens (including phenoxy) is 2. The fourth-order valence-electron chi connectivity index (χ4n) is 3.23. The zero-order valence-electron chi connectivity index (χ0n) is 15.2. The number of aliphatic carboxylic acids is 1. The molecule has 0 amide bonds. The van der Waals surface area contributed by atoms with Crippen LogP contribution in [0.4, 0.5) is 18.9 Å². The number of carboxylic acid groups (broad SMARTS) is 1. The van der Waals surface area contributed by atoms with Gasteiger partial charge in [-0.05, 0) is 48.6 Å². The van der Waals surface area contributed by atoms with Gasteiger partial charge in [-0.3, -0.25) is 10.1 Å². The molecule has 7 nitrogen and oxygen atoms in total. The van der Waals surface area contributed by atoms with Crippen molar-refractivity contribution in [2.24, 2.45) is 0 Å². The summed E-state index contributed by atoms with van der Waals surface area (Å²) < 4.78 is 50.7. The lowest BCUT2D eigenvalue weighted by Gasteiger charge is -2.28. The minimum absolute atomic E-state index is 0.127. The second-order valence-electron chi connectivity index (χ2n) is 7.00. The topological polar surface area (TPSA) is 98.9 Å². The number of hydrogen-bond acceptors (Lipinski definition) is 5. The van der Waals surface area contributed by atoms with E-state index in [1.165, 1.54) is 30.3 Å². The van der Waals surface area contributed by atoms with Crippen LogP contribution in [0.3, 0.4) is 0 Å². The van der Waals surface area contributed by atoms with Crippen molar-refractivity contribution in [2.75, 3.05) is 0 Å². The van der Waals surface area contributed by atoms with Crippen molar-refractivity contribution in [3.63, 3.8) is 0 Å². The predicted octanol–water partition coefficient (Wildman–Crippen LogP) is 5.06. The van der Waals surface area contributed by atoms with E-state index in [2.05, 4.69) is 0 Å². The summed E-state index contributed by atoms with van der Waals surface area (Å²) in [6.45, 7) is 0. The van der Waals surface area contributed by atoms with Gasteiger partial charge in [0, 0.05) is 23.8 Å². The summed E-state index contributed by atoms with van der Waals surface area (Å²) in [5, 5.41) is 20.0. The van der Waals surface area contributed by atoms with E-state index in [9.17, 15) is 33.2 Å². The van der Waals surface area contributed by atoms with E-state index >= 15 is 0 Å². The molecule has 1 atom stereocenters. The van der Waals surface area contributed by atoms with E-state index in [-0.39, 0.29) is 34.4 Å². The Morgan fingerprint density at radius 2 is 1.87 bits per heavy atom. The van der Waals surface area contributed by atoms with Gasteiger partial charge in [0.15, 0.2) is 0 Å². The first-order chi connectivity index (χ1) is 14.1. The van der Waals surface area contributed by atoms with Crippen molar-refractivity contribution in [2.45, 2.75) is 31.0 Å². The Labute approximate surface area is 167 Å². The van der Waals surface area contributed by atoms with Crippen LogP contribution in [-0.4, -0.2) is 28.3 Å². The number of nitro benzene ring substituents is 1. The maximum absolute atomic E-state index is 13.3. The first-order valence-electron chi connectivity index (χ1n) is 8.92. The molecule has 2 aromatic carbocycles. The first kappa shape index (κ1) is 19.7. The molecule has 10 heteroatoms. The summed E-state index contributed by atoms with van der Waals surface area (Å²) in [5.74, 6) is -1.19. The van der Waals surface area contributed by atoms with Gasteiger partial charge in [-0.15, -0.1) is 0 Å². The molecule has 0 spiro atoms. The lowest BCUT2D eigenvalue weighted by atomic mass is 9.97. The van der Waals surface area contributed by atoms with Gasteiger partial charge in [0.05, 0.1) is 10.5 Å². The van der Waals surface area contributed by atoms with E-state index in [4.69, 9.17) is 9.47 Å². The van der Waals surface area contributed by atoms with E-state index in [0.29, 0.717) is 5.56 Å². The van der Waals surface area contributed by atoms with Gasteiger partial charge in [-0.2, -0.15) is 13.2 Å². The monoisotopic (exact) mass is 421 g/mol. The highest BCUT2D eigenvalue weighted by Gasteiger charge is 2.48. The van der Waals surface area contributed by atoms with Crippen molar-refractivity contribution in [3.8, 4) is 17.2 Å². The van der Waals surface area contributed by atoms with Crippen LogP contribution in [0.15, 0.2) is 42.0 Å². The quantitative estimate of drug-likeness (QED) is 0.536. The number of non-ortho nitro benzene ring substituents is 1. The second kappa shape index (κ2) is 7.05. The van der Waals surface area contributed by atoms with Gasteiger partial charge in [0.2, 0.25) is 6.10 Å². The molecule has 0 saturated heterocycles. The molecule has 1 aliphatic carbocycles. The molecule has 0 radical (unpaired) electrons. The Balaban J connectivity index is 1.73. The summed E-state index contributed by atoms with van der Waals surface area (Å²) in [4.78, 5) is 21.5. The third-order valence-corrected chi connectivity index (χ3v) is 4.82. The van der Waals surface area contributed by atoms with Crippen molar-refractivity contribution in [3.05, 3.63) is 63.2 Å². The lowest BCUT2D eigenvalue weighted by Crippen LogP contribution is -2.40. The molecule has 4 rings (SSSR count). The number of benzene rings is 2. The second-order valence-corrected chi connectivity index (χ2v) is 7.00. The average molecular weight is 421 g/mol. The van der Waals surface area contributed by atoms with Gasteiger partial charge in [-0.25, -0.2) is 4.79 Å². The van der Waals surface area contributed by atoms with Gasteiger partial charge >= 0.3 is 12.1 Å². The first-order valence-corrected chi connectivity index (χ1v) is 8.92. The van der Waals surface area contributed by atoms with Crippen LogP contribution in [-0.2, 0) is 4.79 Å². The molecule has 30 heavy (non-hydrogen) atoms. The minimum Gasteiger partial charge on any atom is -0.478 e. The zero-order valence-corrected chi connectivity index (χ0v) is 15.2. The molecule has 2 aliphatic rings. The number of nitro groups is 1. The summed E-state index contributed by atoms with van der Waals surface area (Å²) in [7, 11) is 0. The standard InChI is InChI=1S/C20H14F3NO6/c21-20(22,23)18-15(19(25)26)8-11-7-14(10-1-2-10)17(9-16(11)30-18)29-13-5-3-12(4-6-13)24(27)28/h3-10,18H,1-2H2,(H,25,26). The number of alkyl halides is 3. The molecule has 1 N–H and O–H groups in total. The fourth-order valence-corrected chi connectivity index (χ4v) is 3.23. The number of rotatable bonds is 5. The van der Waals surface area contributed by atoms with Gasteiger partial charge < -0.3 is 14.6 Å². The third kappa shape index (κ3) is 3.80. The van der Waals surface area contributed by atoms with E-state index in [1.54, 1.807) is 6.07 Å². The van der Waals surface area contributed by atoms with E-state index in [1.807, 2.05) is 0 Å². The molecule has 1 fully saturated rings. The van der Waals surface area contributed by atoms with Crippen molar-refractivity contribution < 1.29 is 37.5 Å². The molecular weight excluding hydrogens is 407 g/mol. The maximum atomic E-state index is 13.3. The molecule has 1 unspecified atom stereocenters. The number of carbonyl (C=O) groups is 1. The summed E-state index contributed by atoms with van der Waals surface area (Å²) in [6.07, 6.45) is -4.81. The van der Waals surface area contributed by atoms with Crippen LogP contribution in [0.5, 0.6) is 17.2 Å². The van der Waals surface area contributed by atoms with Crippen LogP contribution >= 0.6 is 0 Å². The molecule has 1 saturated carbocycles. The molecule has 0 aromatic heterocycles.